The first-order chi connectivity index (χ1) is 7.74. The molecule has 0 spiro atoms. The van der Waals surface area contributed by atoms with Gasteiger partial charge in [0.25, 0.3) is 0 Å². The topological polar surface area (TPSA) is 84.1 Å². The minimum absolute atomic E-state index is 0.0474. The third-order valence-corrected chi connectivity index (χ3v) is 3.64. The van der Waals surface area contributed by atoms with Crippen molar-refractivity contribution in [1.82, 2.24) is 20.4 Å². The Morgan fingerprint density at radius 2 is 2.06 bits per heavy atom. The number of carbonyl (C=O) groups excluding carboxylic acids is 1. The van der Waals surface area contributed by atoms with Crippen molar-refractivity contribution < 1.29 is 4.79 Å². The van der Waals surface area contributed by atoms with E-state index in [1.165, 1.54) is 11.3 Å². The molecule has 6 nitrogen and oxygen atoms in total. The third kappa shape index (κ3) is 3.37. The Kier molecular flexibility index (Phi) is 4.05. The molecular weight excluding hydrogens is 238 g/mol. The quantitative estimate of drug-likeness (QED) is 0.816. The Morgan fingerprint density at radius 3 is 2.47 bits per heavy atom. The number of aromatic nitrogens is 2. The van der Waals surface area contributed by atoms with Crippen molar-refractivity contribution in [3.63, 3.8) is 0 Å². The van der Waals surface area contributed by atoms with Crippen LogP contribution < -0.4 is 11.1 Å². The van der Waals surface area contributed by atoms with Gasteiger partial charge in [0.1, 0.15) is 5.01 Å². The van der Waals surface area contributed by atoms with Gasteiger partial charge in [-0.05, 0) is 34.9 Å². The molecule has 3 N–H and O–H groups in total. The molecule has 17 heavy (non-hydrogen) atoms. The number of nitrogens with zero attached hydrogens (tertiary/aromatic N) is 3. The predicted octanol–water partition coefficient (Wildman–Crippen LogP) is 0.422. The van der Waals surface area contributed by atoms with Crippen LogP contribution in [-0.2, 0) is 10.3 Å². The van der Waals surface area contributed by atoms with Crippen molar-refractivity contribution in [3.05, 3.63) is 5.01 Å². The van der Waals surface area contributed by atoms with Gasteiger partial charge in [-0.3, -0.25) is 9.69 Å². The molecule has 0 fully saturated rings. The molecule has 1 atom stereocenters. The van der Waals surface area contributed by atoms with Crippen LogP contribution in [0.2, 0.25) is 0 Å². The van der Waals surface area contributed by atoms with E-state index in [0.29, 0.717) is 10.1 Å². The second-order valence-electron chi connectivity index (χ2n) is 4.70. The highest BCUT2D eigenvalue weighted by Crippen LogP contribution is 2.24. The molecule has 0 radical (unpaired) electrons. The zero-order valence-corrected chi connectivity index (χ0v) is 11.6. The summed E-state index contributed by atoms with van der Waals surface area (Å²) in [4.78, 5) is 13.8. The number of nitrogens with one attached hydrogen (secondary N) is 1. The molecule has 1 amide bonds. The molecule has 0 aliphatic carbocycles. The van der Waals surface area contributed by atoms with E-state index in [9.17, 15) is 4.79 Å². The molecule has 0 saturated heterocycles. The van der Waals surface area contributed by atoms with Crippen molar-refractivity contribution in [3.8, 4) is 0 Å². The summed E-state index contributed by atoms with van der Waals surface area (Å²) in [6, 6.07) is -0.195. The molecular formula is C10H19N5OS. The lowest BCUT2D eigenvalue weighted by Crippen LogP contribution is -2.49. The van der Waals surface area contributed by atoms with Gasteiger partial charge >= 0.3 is 0 Å². The van der Waals surface area contributed by atoms with Crippen LogP contribution in [0.4, 0.5) is 5.13 Å². The Hall–Kier alpha value is -1.21. The minimum atomic E-state index is -0.559. The highest BCUT2D eigenvalue weighted by Gasteiger charge is 2.29. The molecule has 0 unspecified atom stereocenters. The van der Waals surface area contributed by atoms with Gasteiger partial charge in [0.2, 0.25) is 11.0 Å². The fraction of sp³-hybridized carbons (Fsp3) is 0.700. The molecule has 1 aromatic heterocycles. The van der Waals surface area contributed by atoms with Crippen LogP contribution >= 0.6 is 11.3 Å². The maximum atomic E-state index is 12.0. The maximum absolute atomic E-state index is 12.0. The van der Waals surface area contributed by atoms with E-state index in [2.05, 4.69) is 15.5 Å². The standard InChI is InChI=1S/C10H19N5OS/c1-6(15(4)5)7(16)12-10(2,3)8-13-14-9(11)17-8/h6H,1-5H3,(H2,11,14)(H,12,16)/t6-/m1/s1. The van der Waals surface area contributed by atoms with E-state index in [1.807, 2.05) is 39.8 Å². The second-order valence-corrected chi connectivity index (χ2v) is 5.71. The number of hydrogen-bond acceptors (Lipinski definition) is 6. The van der Waals surface area contributed by atoms with Gasteiger partial charge in [-0.2, -0.15) is 0 Å². The van der Waals surface area contributed by atoms with Gasteiger partial charge in [0, 0.05) is 0 Å². The van der Waals surface area contributed by atoms with Crippen LogP contribution in [0.25, 0.3) is 0 Å². The van der Waals surface area contributed by atoms with Crippen LogP contribution in [0.1, 0.15) is 25.8 Å². The fourth-order valence-corrected chi connectivity index (χ4v) is 1.86. The molecule has 0 aliphatic rings. The summed E-state index contributed by atoms with van der Waals surface area (Å²) < 4.78 is 0. The van der Waals surface area contributed by atoms with E-state index in [1.54, 1.807) is 0 Å². The smallest absolute Gasteiger partial charge is 0.237 e. The number of nitrogen functional groups attached to an aromatic ring is 1. The molecule has 0 aliphatic heterocycles. The zero-order valence-electron chi connectivity index (χ0n) is 10.8. The van der Waals surface area contributed by atoms with Crippen LogP contribution in [0.15, 0.2) is 0 Å². The predicted molar refractivity (Wildman–Crippen MR) is 68.6 cm³/mol. The summed E-state index contributed by atoms with van der Waals surface area (Å²) >= 11 is 1.28. The van der Waals surface area contributed by atoms with E-state index in [4.69, 9.17) is 5.73 Å². The first-order valence-electron chi connectivity index (χ1n) is 5.32. The van der Waals surface area contributed by atoms with E-state index < -0.39 is 5.54 Å². The first-order valence-corrected chi connectivity index (χ1v) is 6.13. The molecule has 1 rings (SSSR count). The van der Waals surface area contributed by atoms with Crippen molar-refractivity contribution in [2.45, 2.75) is 32.4 Å². The molecule has 0 bridgehead atoms. The molecule has 7 heteroatoms. The minimum Gasteiger partial charge on any atom is -0.374 e. The number of carbonyl (C=O) groups is 1. The monoisotopic (exact) mass is 257 g/mol. The van der Waals surface area contributed by atoms with Crippen molar-refractivity contribution in [2.24, 2.45) is 0 Å². The number of rotatable bonds is 4. The molecule has 1 heterocycles. The molecule has 1 aromatic rings. The number of likely N-dealkylation sites (N-methyl/N-ethyl adjacent to an activating group) is 1. The number of hydrogen-bond donors (Lipinski definition) is 2. The Labute approximate surface area is 105 Å². The van der Waals surface area contributed by atoms with Gasteiger partial charge in [-0.25, -0.2) is 0 Å². The van der Waals surface area contributed by atoms with Gasteiger partial charge < -0.3 is 11.1 Å². The summed E-state index contributed by atoms with van der Waals surface area (Å²) in [5.41, 5.74) is 4.98. The Balaban J connectivity index is 2.76. The number of anilines is 1. The maximum Gasteiger partial charge on any atom is 0.237 e. The largest absolute Gasteiger partial charge is 0.374 e. The van der Waals surface area contributed by atoms with E-state index >= 15 is 0 Å². The van der Waals surface area contributed by atoms with Gasteiger partial charge in [0.15, 0.2) is 0 Å². The molecule has 96 valence electrons. The van der Waals surface area contributed by atoms with Crippen molar-refractivity contribution in [2.75, 3.05) is 19.8 Å². The lowest BCUT2D eigenvalue weighted by atomic mass is 10.1. The van der Waals surface area contributed by atoms with Gasteiger partial charge in [-0.1, -0.05) is 11.3 Å². The zero-order chi connectivity index (χ0) is 13.2. The van der Waals surface area contributed by atoms with Crippen LogP contribution in [0.3, 0.4) is 0 Å². The van der Waals surface area contributed by atoms with Crippen LogP contribution in [0.5, 0.6) is 0 Å². The third-order valence-electron chi connectivity index (χ3n) is 2.57. The highest BCUT2D eigenvalue weighted by molar-refractivity contribution is 7.15. The molecule has 0 saturated carbocycles. The highest BCUT2D eigenvalue weighted by atomic mass is 32.1. The Morgan fingerprint density at radius 1 is 1.47 bits per heavy atom. The SMILES string of the molecule is C[C@H](C(=O)NC(C)(C)c1nnc(N)s1)N(C)C. The average Bonchev–Trinajstić information content (AvgIpc) is 2.63. The Bertz CT molecular complexity index is 401. The van der Waals surface area contributed by atoms with Crippen molar-refractivity contribution in [1.29, 1.82) is 0 Å². The fourth-order valence-electron chi connectivity index (χ4n) is 1.19. The van der Waals surface area contributed by atoms with E-state index in [0.717, 1.165) is 0 Å². The summed E-state index contributed by atoms with van der Waals surface area (Å²) in [6.45, 7) is 5.61. The number of amides is 1. The summed E-state index contributed by atoms with van der Waals surface area (Å²) in [6.07, 6.45) is 0. The van der Waals surface area contributed by atoms with Crippen molar-refractivity contribution >= 4 is 22.4 Å². The normalized spacial score (nSPS) is 13.8. The summed E-state index contributed by atoms with van der Waals surface area (Å²) in [5, 5.41) is 11.8. The van der Waals surface area contributed by atoms with Gasteiger partial charge in [0.05, 0.1) is 11.6 Å². The number of nitrogens with two attached hydrogens (primary N) is 1. The van der Waals surface area contributed by atoms with Gasteiger partial charge in [-0.15, -0.1) is 10.2 Å². The average molecular weight is 257 g/mol. The summed E-state index contributed by atoms with van der Waals surface area (Å²) in [7, 11) is 3.72. The second kappa shape index (κ2) is 4.97. The van der Waals surface area contributed by atoms with E-state index in [-0.39, 0.29) is 11.9 Å². The lowest BCUT2D eigenvalue weighted by Gasteiger charge is -2.27. The lowest BCUT2D eigenvalue weighted by molar-refractivity contribution is -0.126. The van der Waals surface area contributed by atoms with Crippen LogP contribution in [0, 0.1) is 0 Å². The summed E-state index contributed by atoms with van der Waals surface area (Å²) in [5.74, 6) is -0.0474. The van der Waals surface area contributed by atoms with Crippen LogP contribution in [-0.4, -0.2) is 41.1 Å². The molecule has 0 aromatic carbocycles. The first kappa shape index (κ1) is 13.9.